The highest BCUT2D eigenvalue weighted by molar-refractivity contribution is 5.73. The molecule has 1 saturated heterocycles. The molecule has 1 N–H and O–H groups in total. The number of rotatable bonds is 5. The Labute approximate surface area is 81.4 Å². The minimum atomic E-state index is -0.935. The topological polar surface area (TPSA) is 76.1 Å². The van der Waals surface area contributed by atoms with Gasteiger partial charge in [-0.15, -0.1) is 0 Å². The Kier molecular flexibility index (Phi) is 3.70. The summed E-state index contributed by atoms with van der Waals surface area (Å²) in [5.41, 5.74) is 0. The number of carboxylic acids is 1. The van der Waals surface area contributed by atoms with Crippen molar-refractivity contribution in [3.8, 4) is 0 Å². The van der Waals surface area contributed by atoms with E-state index in [0.717, 1.165) is 0 Å². The molecule has 0 aromatic heterocycles. The Morgan fingerprint density at radius 2 is 2.50 bits per heavy atom. The molecule has 0 bridgehead atoms. The third kappa shape index (κ3) is 2.59. The van der Waals surface area contributed by atoms with Crippen LogP contribution >= 0.6 is 0 Å². The lowest BCUT2D eigenvalue weighted by Gasteiger charge is -2.18. The SMILES string of the molecule is COCCN1C(=O)OCC1CC(=O)O. The molecule has 1 amide bonds. The quantitative estimate of drug-likeness (QED) is 0.676. The lowest BCUT2D eigenvalue weighted by Crippen LogP contribution is -2.37. The number of hydrogen-bond donors (Lipinski definition) is 1. The van der Waals surface area contributed by atoms with Gasteiger partial charge in [-0.2, -0.15) is 0 Å². The number of hydrogen-bond acceptors (Lipinski definition) is 4. The standard InChI is InChI=1S/C8H13NO5/c1-13-3-2-9-6(4-7(10)11)5-14-8(9)12/h6H,2-5H2,1H3,(H,10,11). The van der Waals surface area contributed by atoms with Crippen molar-refractivity contribution in [2.45, 2.75) is 12.5 Å². The van der Waals surface area contributed by atoms with Gasteiger partial charge in [0.2, 0.25) is 0 Å². The van der Waals surface area contributed by atoms with E-state index in [1.165, 1.54) is 12.0 Å². The van der Waals surface area contributed by atoms with Crippen LogP contribution in [0.1, 0.15) is 6.42 Å². The highest BCUT2D eigenvalue weighted by Gasteiger charge is 2.33. The zero-order valence-electron chi connectivity index (χ0n) is 7.93. The van der Waals surface area contributed by atoms with Gasteiger partial charge >= 0.3 is 12.1 Å². The lowest BCUT2D eigenvalue weighted by molar-refractivity contribution is -0.138. The predicted octanol–water partition coefficient (Wildman–Crippen LogP) is -0.0717. The van der Waals surface area contributed by atoms with E-state index < -0.39 is 12.1 Å². The van der Waals surface area contributed by atoms with Gasteiger partial charge in [0.05, 0.1) is 19.1 Å². The van der Waals surface area contributed by atoms with Gasteiger partial charge in [-0.25, -0.2) is 4.79 Å². The first-order valence-corrected chi connectivity index (χ1v) is 4.29. The summed E-state index contributed by atoms with van der Waals surface area (Å²) in [6.45, 7) is 0.896. The molecule has 1 unspecified atom stereocenters. The minimum absolute atomic E-state index is 0.0878. The maximum Gasteiger partial charge on any atom is 0.410 e. The third-order valence-electron chi connectivity index (χ3n) is 2.02. The van der Waals surface area contributed by atoms with Gasteiger partial charge in [0, 0.05) is 13.7 Å². The first-order chi connectivity index (χ1) is 6.65. The number of carbonyl (C=O) groups excluding carboxylic acids is 1. The maximum atomic E-state index is 11.1. The van der Waals surface area contributed by atoms with Gasteiger partial charge in [-0.1, -0.05) is 0 Å². The molecule has 0 aromatic carbocycles. The monoisotopic (exact) mass is 203 g/mol. The Morgan fingerprint density at radius 1 is 1.79 bits per heavy atom. The van der Waals surface area contributed by atoms with Gasteiger partial charge in [0.15, 0.2) is 0 Å². The van der Waals surface area contributed by atoms with Gasteiger partial charge in [0.1, 0.15) is 6.61 Å². The van der Waals surface area contributed by atoms with Gasteiger partial charge in [0.25, 0.3) is 0 Å². The molecule has 1 fully saturated rings. The number of aliphatic carboxylic acids is 1. The van der Waals surface area contributed by atoms with Crippen molar-refractivity contribution in [2.75, 3.05) is 26.9 Å². The van der Waals surface area contributed by atoms with Gasteiger partial charge in [-0.3, -0.25) is 9.69 Å². The summed E-state index contributed by atoms with van der Waals surface area (Å²) in [5.74, 6) is -0.935. The summed E-state index contributed by atoms with van der Waals surface area (Å²) in [6.07, 6.45) is -0.552. The fourth-order valence-corrected chi connectivity index (χ4v) is 1.32. The number of nitrogens with zero attached hydrogens (tertiary/aromatic N) is 1. The van der Waals surface area contributed by atoms with Crippen LogP contribution in [0.3, 0.4) is 0 Å². The van der Waals surface area contributed by atoms with E-state index >= 15 is 0 Å². The van der Waals surface area contributed by atoms with Crippen LogP contribution in [-0.2, 0) is 14.3 Å². The Bertz CT molecular complexity index is 230. The summed E-state index contributed by atoms with van der Waals surface area (Å²) in [5, 5.41) is 8.58. The number of carboxylic acid groups (broad SMARTS) is 1. The van der Waals surface area contributed by atoms with E-state index in [4.69, 9.17) is 14.6 Å². The molecule has 1 aliphatic heterocycles. The molecule has 1 atom stereocenters. The molecule has 0 radical (unpaired) electrons. The molecule has 1 heterocycles. The minimum Gasteiger partial charge on any atom is -0.481 e. The van der Waals surface area contributed by atoms with E-state index in [-0.39, 0.29) is 19.1 Å². The third-order valence-corrected chi connectivity index (χ3v) is 2.02. The van der Waals surface area contributed by atoms with Crippen LogP contribution in [0.5, 0.6) is 0 Å². The molecule has 14 heavy (non-hydrogen) atoms. The molecular formula is C8H13NO5. The van der Waals surface area contributed by atoms with Crippen molar-refractivity contribution in [1.29, 1.82) is 0 Å². The first-order valence-electron chi connectivity index (χ1n) is 4.29. The molecule has 0 saturated carbocycles. The second kappa shape index (κ2) is 4.80. The van der Waals surface area contributed by atoms with E-state index in [1.54, 1.807) is 0 Å². The van der Waals surface area contributed by atoms with Crippen molar-refractivity contribution >= 4 is 12.1 Å². The normalized spacial score (nSPS) is 21.1. The van der Waals surface area contributed by atoms with Crippen LogP contribution in [0, 0.1) is 0 Å². The molecule has 0 aliphatic carbocycles. The smallest absolute Gasteiger partial charge is 0.410 e. The molecule has 0 aromatic rings. The molecule has 80 valence electrons. The summed E-state index contributed by atoms with van der Waals surface area (Å²) in [4.78, 5) is 23.0. The van der Waals surface area contributed by atoms with Crippen LogP contribution in [0.25, 0.3) is 0 Å². The Balaban J connectivity index is 2.48. The zero-order valence-corrected chi connectivity index (χ0v) is 7.93. The van der Waals surface area contributed by atoms with E-state index in [9.17, 15) is 9.59 Å². The summed E-state index contributed by atoms with van der Waals surface area (Å²) in [7, 11) is 1.52. The lowest BCUT2D eigenvalue weighted by atomic mass is 10.2. The highest BCUT2D eigenvalue weighted by atomic mass is 16.6. The Morgan fingerprint density at radius 3 is 3.07 bits per heavy atom. The van der Waals surface area contributed by atoms with Crippen molar-refractivity contribution in [1.82, 2.24) is 4.90 Å². The van der Waals surface area contributed by atoms with Crippen LogP contribution in [0.4, 0.5) is 4.79 Å². The largest absolute Gasteiger partial charge is 0.481 e. The van der Waals surface area contributed by atoms with Crippen LogP contribution in [-0.4, -0.2) is 55.0 Å². The maximum absolute atomic E-state index is 11.1. The number of methoxy groups -OCH3 is 1. The van der Waals surface area contributed by atoms with Gasteiger partial charge < -0.3 is 14.6 Å². The zero-order chi connectivity index (χ0) is 10.6. The summed E-state index contributed by atoms with van der Waals surface area (Å²) >= 11 is 0. The van der Waals surface area contributed by atoms with Crippen molar-refractivity contribution in [3.63, 3.8) is 0 Å². The Hall–Kier alpha value is -1.30. The van der Waals surface area contributed by atoms with E-state index in [2.05, 4.69) is 0 Å². The molecule has 1 rings (SSSR count). The number of carbonyl (C=O) groups is 2. The fourth-order valence-electron chi connectivity index (χ4n) is 1.32. The molecule has 1 aliphatic rings. The van der Waals surface area contributed by atoms with E-state index in [0.29, 0.717) is 13.2 Å². The second-order valence-electron chi connectivity index (χ2n) is 3.01. The number of cyclic esters (lactones) is 1. The first kappa shape index (κ1) is 10.8. The van der Waals surface area contributed by atoms with Crippen molar-refractivity contribution in [3.05, 3.63) is 0 Å². The van der Waals surface area contributed by atoms with Crippen LogP contribution < -0.4 is 0 Å². The average molecular weight is 203 g/mol. The van der Waals surface area contributed by atoms with Crippen molar-refractivity contribution < 1.29 is 24.2 Å². The molecular weight excluding hydrogens is 190 g/mol. The van der Waals surface area contributed by atoms with Crippen LogP contribution in [0.15, 0.2) is 0 Å². The molecule has 6 heteroatoms. The number of amides is 1. The van der Waals surface area contributed by atoms with Gasteiger partial charge in [-0.05, 0) is 0 Å². The van der Waals surface area contributed by atoms with Crippen molar-refractivity contribution in [2.24, 2.45) is 0 Å². The predicted molar refractivity (Wildman–Crippen MR) is 46.0 cm³/mol. The highest BCUT2D eigenvalue weighted by Crippen LogP contribution is 2.14. The summed E-state index contributed by atoms with van der Waals surface area (Å²) < 4.78 is 9.55. The fraction of sp³-hybridized carbons (Fsp3) is 0.750. The number of ether oxygens (including phenoxy) is 2. The molecule has 0 spiro atoms. The average Bonchev–Trinajstić information content (AvgIpc) is 2.44. The van der Waals surface area contributed by atoms with E-state index in [1.807, 2.05) is 0 Å². The second-order valence-corrected chi connectivity index (χ2v) is 3.01. The molecule has 6 nitrogen and oxygen atoms in total. The summed E-state index contributed by atoms with van der Waals surface area (Å²) in [6, 6.07) is -0.366. The van der Waals surface area contributed by atoms with Crippen LogP contribution in [0.2, 0.25) is 0 Å².